The fraction of sp³-hybridized carbons (Fsp3) is 0.333. The van der Waals surface area contributed by atoms with Crippen molar-refractivity contribution in [3.05, 3.63) is 88.2 Å². The molecular weight excluding hydrogens is 473 g/mol. The van der Waals surface area contributed by atoms with Crippen molar-refractivity contribution < 1.29 is 35.5 Å². The lowest BCUT2D eigenvalue weighted by Gasteiger charge is -2.26. The molecule has 0 radical (unpaired) electrons. The van der Waals surface area contributed by atoms with Crippen LogP contribution in [0.3, 0.4) is 0 Å². The number of hydrogen-bond acceptors (Lipinski definition) is 1. The van der Waals surface area contributed by atoms with Crippen LogP contribution in [0.5, 0.6) is 5.75 Å². The van der Waals surface area contributed by atoms with Crippen LogP contribution in [-0.2, 0) is 6.11 Å². The van der Waals surface area contributed by atoms with Crippen molar-refractivity contribution in [3.63, 3.8) is 0 Å². The van der Waals surface area contributed by atoms with Gasteiger partial charge in [-0.25, -0.2) is 22.0 Å². The van der Waals surface area contributed by atoms with Crippen molar-refractivity contribution >= 4 is 0 Å². The average Bonchev–Trinajstić information content (AvgIpc) is 2.76. The lowest BCUT2D eigenvalue weighted by molar-refractivity contribution is -0.189. The second kappa shape index (κ2) is 9.55. The molecule has 0 unspecified atom stereocenters. The molecule has 1 saturated carbocycles. The molecule has 0 saturated heterocycles. The lowest BCUT2D eigenvalue weighted by Crippen LogP contribution is -2.25. The van der Waals surface area contributed by atoms with Gasteiger partial charge in [0.15, 0.2) is 0 Å². The minimum atomic E-state index is -4.60. The third-order valence-corrected chi connectivity index (χ3v) is 6.63. The molecule has 8 heteroatoms. The van der Waals surface area contributed by atoms with Crippen LogP contribution in [0.25, 0.3) is 11.1 Å². The van der Waals surface area contributed by atoms with E-state index >= 15 is 0 Å². The minimum Gasteiger partial charge on any atom is -0.429 e. The number of hydrogen-bond donors (Lipinski definition) is 0. The minimum absolute atomic E-state index is 0.144. The van der Waals surface area contributed by atoms with E-state index in [0.717, 1.165) is 38.2 Å². The number of benzene rings is 3. The molecule has 1 nitrogen and oxygen atoms in total. The molecule has 1 aliphatic carbocycles. The number of rotatable bonds is 5. The van der Waals surface area contributed by atoms with Crippen molar-refractivity contribution in [2.45, 2.75) is 51.6 Å². The summed E-state index contributed by atoms with van der Waals surface area (Å²) in [5.41, 5.74) is -1.81. The molecule has 3 aromatic carbocycles. The highest BCUT2D eigenvalue weighted by atomic mass is 19.3. The van der Waals surface area contributed by atoms with Gasteiger partial charge in [0.05, 0.1) is 0 Å². The molecule has 0 spiro atoms. The third kappa shape index (κ3) is 5.16. The molecule has 0 N–H and O–H groups in total. The Hall–Kier alpha value is -3.03. The highest BCUT2D eigenvalue weighted by Crippen LogP contribution is 2.40. The highest BCUT2D eigenvalue weighted by molar-refractivity contribution is 5.65. The fourth-order valence-corrected chi connectivity index (χ4v) is 4.50. The van der Waals surface area contributed by atoms with E-state index in [1.807, 2.05) is 0 Å². The summed E-state index contributed by atoms with van der Waals surface area (Å²) < 4.78 is 105. The fourth-order valence-electron chi connectivity index (χ4n) is 4.50. The molecule has 1 fully saturated rings. The molecule has 4 rings (SSSR count). The Morgan fingerprint density at radius 2 is 1.31 bits per heavy atom. The van der Waals surface area contributed by atoms with Crippen molar-refractivity contribution in [2.24, 2.45) is 5.92 Å². The average molecular weight is 496 g/mol. The van der Waals surface area contributed by atoms with Gasteiger partial charge in [0.25, 0.3) is 0 Å². The van der Waals surface area contributed by atoms with Gasteiger partial charge < -0.3 is 4.74 Å². The van der Waals surface area contributed by atoms with Gasteiger partial charge in [-0.1, -0.05) is 31.9 Å². The van der Waals surface area contributed by atoms with Gasteiger partial charge in [-0.3, -0.25) is 0 Å². The second-order valence-electron chi connectivity index (χ2n) is 9.14. The predicted octanol–water partition coefficient (Wildman–Crippen LogP) is 8.78. The first-order valence-electron chi connectivity index (χ1n) is 11.3. The SMILES string of the molecule is Cc1c(F)cc(OC(F)(F)c2c(F)cc(-c3ccc(C4CCC(C)CC4)cc3F)cc2F)cc1F. The van der Waals surface area contributed by atoms with E-state index < -0.39 is 52.1 Å². The summed E-state index contributed by atoms with van der Waals surface area (Å²) in [5, 5.41) is 0. The van der Waals surface area contributed by atoms with Crippen LogP contribution >= 0.6 is 0 Å². The quantitative estimate of drug-likeness (QED) is 0.321. The van der Waals surface area contributed by atoms with Gasteiger partial charge in [-0.05, 0) is 60.9 Å². The summed E-state index contributed by atoms with van der Waals surface area (Å²) in [5.74, 6) is -6.56. The Labute approximate surface area is 198 Å². The smallest absolute Gasteiger partial charge is 0.429 e. The molecule has 35 heavy (non-hydrogen) atoms. The maximum absolute atomic E-state index is 14.9. The Balaban J connectivity index is 1.62. The van der Waals surface area contributed by atoms with Gasteiger partial charge in [0.1, 0.15) is 40.4 Å². The molecule has 1 aliphatic rings. The molecular formula is C27H23F7O. The summed E-state index contributed by atoms with van der Waals surface area (Å²) in [6.45, 7) is 3.25. The van der Waals surface area contributed by atoms with Crippen molar-refractivity contribution in [3.8, 4) is 16.9 Å². The van der Waals surface area contributed by atoms with Crippen molar-refractivity contribution in [1.29, 1.82) is 0 Å². The molecule has 186 valence electrons. The summed E-state index contributed by atoms with van der Waals surface area (Å²) in [6, 6.07) is 6.50. The van der Waals surface area contributed by atoms with Crippen molar-refractivity contribution in [2.75, 3.05) is 0 Å². The topological polar surface area (TPSA) is 9.23 Å². The van der Waals surface area contributed by atoms with Crippen LogP contribution in [0.2, 0.25) is 0 Å². The molecule has 0 bridgehead atoms. The van der Waals surface area contributed by atoms with Gasteiger partial charge in [-0.2, -0.15) is 8.78 Å². The predicted molar refractivity (Wildman–Crippen MR) is 118 cm³/mol. The first-order chi connectivity index (χ1) is 16.5. The van der Waals surface area contributed by atoms with E-state index in [1.54, 1.807) is 6.07 Å². The standard InChI is InChI=1S/C27H23F7O/c1-14-3-5-16(6-4-14)17-7-8-20(23(30)9-17)18-10-24(31)26(25(32)11-18)27(33,34)35-19-12-21(28)15(2)22(29)13-19/h7-14,16H,3-6H2,1-2H3. The van der Waals surface area contributed by atoms with Crippen LogP contribution in [0.1, 0.15) is 55.2 Å². The zero-order valence-electron chi connectivity index (χ0n) is 19.1. The normalized spacial score (nSPS) is 18.5. The molecule has 0 aliphatic heterocycles. The summed E-state index contributed by atoms with van der Waals surface area (Å²) in [4.78, 5) is 0. The monoisotopic (exact) mass is 496 g/mol. The number of alkyl halides is 2. The van der Waals surface area contributed by atoms with Crippen molar-refractivity contribution in [1.82, 2.24) is 0 Å². The zero-order valence-corrected chi connectivity index (χ0v) is 19.1. The number of halogens is 7. The van der Waals surface area contributed by atoms with E-state index in [1.165, 1.54) is 12.1 Å². The van der Waals surface area contributed by atoms with Crippen LogP contribution in [0.15, 0.2) is 42.5 Å². The largest absolute Gasteiger partial charge is 0.432 e. The van der Waals surface area contributed by atoms with E-state index in [4.69, 9.17) is 0 Å². The Morgan fingerprint density at radius 1 is 0.743 bits per heavy atom. The van der Waals surface area contributed by atoms with Gasteiger partial charge in [0.2, 0.25) is 0 Å². The Kier molecular flexibility index (Phi) is 6.84. The second-order valence-corrected chi connectivity index (χ2v) is 9.14. The lowest BCUT2D eigenvalue weighted by atomic mass is 9.79. The summed E-state index contributed by atoms with van der Waals surface area (Å²) in [6.07, 6.45) is -0.695. The van der Waals surface area contributed by atoms with E-state index in [9.17, 15) is 30.7 Å². The third-order valence-electron chi connectivity index (χ3n) is 6.63. The maximum Gasteiger partial charge on any atom is 0.432 e. The van der Waals surface area contributed by atoms with E-state index in [-0.39, 0.29) is 17.0 Å². The van der Waals surface area contributed by atoms with Crippen LogP contribution in [0, 0.1) is 41.9 Å². The van der Waals surface area contributed by atoms with E-state index in [2.05, 4.69) is 11.7 Å². The zero-order chi connectivity index (χ0) is 25.5. The highest BCUT2D eigenvalue weighted by Gasteiger charge is 2.41. The number of ether oxygens (including phenoxy) is 1. The Bertz CT molecular complexity index is 1200. The summed E-state index contributed by atoms with van der Waals surface area (Å²) >= 11 is 0. The first kappa shape index (κ1) is 25.1. The van der Waals surface area contributed by atoms with Crippen LogP contribution in [-0.4, -0.2) is 0 Å². The molecule has 3 aromatic rings. The first-order valence-corrected chi connectivity index (χ1v) is 11.3. The van der Waals surface area contributed by atoms with Gasteiger partial charge in [-0.15, -0.1) is 0 Å². The summed E-state index contributed by atoms with van der Waals surface area (Å²) in [7, 11) is 0. The Morgan fingerprint density at radius 3 is 1.86 bits per heavy atom. The molecule has 0 aromatic heterocycles. The maximum atomic E-state index is 14.9. The van der Waals surface area contributed by atoms with Crippen LogP contribution in [0.4, 0.5) is 30.7 Å². The van der Waals surface area contributed by atoms with Crippen LogP contribution < -0.4 is 4.74 Å². The van der Waals surface area contributed by atoms with Gasteiger partial charge in [0, 0.05) is 23.3 Å². The molecule has 0 amide bonds. The van der Waals surface area contributed by atoms with Gasteiger partial charge >= 0.3 is 6.11 Å². The van der Waals surface area contributed by atoms with E-state index in [0.29, 0.717) is 30.2 Å². The molecule has 0 atom stereocenters. The molecule has 0 heterocycles.